The Morgan fingerprint density at radius 3 is 2.22 bits per heavy atom. The molecule has 0 spiro atoms. The Bertz CT molecular complexity index is 854. The van der Waals surface area contributed by atoms with Crippen LogP contribution in [-0.2, 0) is 17.6 Å². The van der Waals surface area contributed by atoms with E-state index in [1.807, 2.05) is 24.3 Å². The standard InChI is InChI=1S/C23H26N2O2/c24-23(13-16-4-1-2-5-17(16)14-23)22(27)25-19-8-9-20(25)11-18(10-19)15-6-3-7-21(26)12-15/h1-7,12,18-20,26H,8-11,13-14,24H2/t18-,19+,20-. The number of carbonyl (C=O) groups is 1. The van der Waals surface area contributed by atoms with E-state index in [-0.39, 0.29) is 18.0 Å². The molecule has 5 rings (SSSR count). The van der Waals surface area contributed by atoms with Crippen molar-refractivity contribution in [3.8, 4) is 5.75 Å². The van der Waals surface area contributed by atoms with Crippen LogP contribution in [0.4, 0.5) is 0 Å². The van der Waals surface area contributed by atoms with Gasteiger partial charge in [0.05, 0.1) is 0 Å². The van der Waals surface area contributed by atoms with E-state index in [0.717, 1.165) is 25.7 Å². The topological polar surface area (TPSA) is 66.6 Å². The fraction of sp³-hybridized carbons (Fsp3) is 0.435. The number of fused-ring (bicyclic) bond motifs is 3. The Hall–Kier alpha value is -2.33. The Labute approximate surface area is 160 Å². The van der Waals surface area contributed by atoms with Gasteiger partial charge in [-0.1, -0.05) is 36.4 Å². The van der Waals surface area contributed by atoms with Crippen LogP contribution in [0.1, 0.15) is 48.3 Å². The van der Waals surface area contributed by atoms with Crippen molar-refractivity contribution in [2.75, 3.05) is 0 Å². The second-order valence-electron chi connectivity index (χ2n) is 8.64. The molecule has 27 heavy (non-hydrogen) atoms. The number of benzene rings is 2. The highest BCUT2D eigenvalue weighted by molar-refractivity contribution is 5.89. The molecule has 4 nitrogen and oxygen atoms in total. The lowest BCUT2D eigenvalue weighted by atomic mass is 9.83. The second kappa shape index (κ2) is 6.10. The number of nitrogens with two attached hydrogens (primary N) is 1. The van der Waals surface area contributed by atoms with Crippen molar-refractivity contribution in [3.63, 3.8) is 0 Å². The average molecular weight is 362 g/mol. The quantitative estimate of drug-likeness (QED) is 0.863. The number of aromatic hydroxyl groups is 1. The highest BCUT2D eigenvalue weighted by Crippen LogP contribution is 2.45. The van der Waals surface area contributed by atoms with Crippen LogP contribution >= 0.6 is 0 Å². The van der Waals surface area contributed by atoms with Crippen molar-refractivity contribution < 1.29 is 9.90 Å². The molecule has 1 aliphatic carbocycles. The van der Waals surface area contributed by atoms with Crippen LogP contribution in [-0.4, -0.2) is 33.5 Å². The lowest BCUT2D eigenvalue weighted by molar-refractivity contribution is -0.141. The normalized spacial score (nSPS) is 28.2. The molecule has 2 aliphatic heterocycles. The monoisotopic (exact) mass is 362 g/mol. The maximum absolute atomic E-state index is 13.5. The number of hydrogen-bond donors (Lipinski definition) is 2. The van der Waals surface area contributed by atoms with E-state index in [2.05, 4.69) is 23.1 Å². The third-order valence-corrected chi connectivity index (χ3v) is 6.87. The Balaban J connectivity index is 1.36. The first kappa shape index (κ1) is 16.8. The first-order chi connectivity index (χ1) is 13.0. The van der Waals surface area contributed by atoms with Crippen LogP contribution in [0.5, 0.6) is 5.75 Å². The molecule has 0 unspecified atom stereocenters. The van der Waals surface area contributed by atoms with Gasteiger partial charge >= 0.3 is 0 Å². The van der Waals surface area contributed by atoms with Crippen LogP contribution in [0.3, 0.4) is 0 Å². The van der Waals surface area contributed by atoms with Gasteiger partial charge < -0.3 is 15.7 Å². The molecule has 2 fully saturated rings. The van der Waals surface area contributed by atoms with Gasteiger partial charge in [-0.3, -0.25) is 4.79 Å². The third-order valence-electron chi connectivity index (χ3n) is 6.87. The summed E-state index contributed by atoms with van der Waals surface area (Å²) in [5.41, 5.74) is 9.51. The predicted octanol–water partition coefficient (Wildman–Crippen LogP) is 3.13. The molecule has 2 aromatic rings. The van der Waals surface area contributed by atoms with Gasteiger partial charge in [-0.25, -0.2) is 0 Å². The fourth-order valence-corrected chi connectivity index (χ4v) is 5.61. The average Bonchev–Trinajstić information content (AvgIpc) is 3.14. The Morgan fingerprint density at radius 2 is 1.63 bits per heavy atom. The van der Waals surface area contributed by atoms with Crippen LogP contribution in [0, 0.1) is 0 Å². The van der Waals surface area contributed by atoms with E-state index in [9.17, 15) is 9.90 Å². The van der Waals surface area contributed by atoms with Gasteiger partial charge in [0.15, 0.2) is 0 Å². The van der Waals surface area contributed by atoms with Gasteiger partial charge in [0.2, 0.25) is 5.91 Å². The van der Waals surface area contributed by atoms with Gasteiger partial charge in [-0.05, 0) is 73.3 Å². The lowest BCUT2D eigenvalue weighted by Crippen LogP contribution is -2.60. The van der Waals surface area contributed by atoms with Gasteiger partial charge in [-0.2, -0.15) is 0 Å². The van der Waals surface area contributed by atoms with E-state index in [4.69, 9.17) is 5.73 Å². The molecule has 140 valence electrons. The van der Waals surface area contributed by atoms with Crippen molar-refractivity contribution in [2.45, 2.75) is 62.1 Å². The summed E-state index contributed by atoms with van der Waals surface area (Å²) in [4.78, 5) is 15.6. The highest BCUT2D eigenvalue weighted by Gasteiger charge is 2.50. The van der Waals surface area contributed by atoms with E-state index in [1.165, 1.54) is 16.7 Å². The molecule has 0 aromatic heterocycles. The maximum Gasteiger partial charge on any atom is 0.243 e. The molecule has 2 aromatic carbocycles. The fourth-order valence-electron chi connectivity index (χ4n) is 5.61. The summed E-state index contributed by atoms with van der Waals surface area (Å²) >= 11 is 0. The highest BCUT2D eigenvalue weighted by atomic mass is 16.3. The molecular weight excluding hydrogens is 336 g/mol. The van der Waals surface area contributed by atoms with Crippen LogP contribution in [0.15, 0.2) is 48.5 Å². The molecule has 2 heterocycles. The second-order valence-corrected chi connectivity index (χ2v) is 8.64. The van der Waals surface area contributed by atoms with Crippen molar-refractivity contribution in [1.82, 2.24) is 4.90 Å². The number of nitrogens with zero attached hydrogens (tertiary/aromatic N) is 1. The van der Waals surface area contributed by atoms with Crippen LogP contribution < -0.4 is 5.73 Å². The Kier molecular flexibility index (Phi) is 3.80. The van der Waals surface area contributed by atoms with Crippen molar-refractivity contribution in [1.29, 1.82) is 0 Å². The minimum atomic E-state index is -0.789. The Morgan fingerprint density at radius 1 is 1.00 bits per heavy atom. The minimum absolute atomic E-state index is 0.139. The number of phenolic OH excluding ortho intramolecular Hbond substituents is 1. The van der Waals surface area contributed by atoms with Gasteiger partial charge in [-0.15, -0.1) is 0 Å². The summed E-state index contributed by atoms with van der Waals surface area (Å²) in [6.07, 6.45) is 5.36. The van der Waals surface area contributed by atoms with E-state index in [0.29, 0.717) is 24.5 Å². The van der Waals surface area contributed by atoms with E-state index < -0.39 is 5.54 Å². The van der Waals surface area contributed by atoms with E-state index in [1.54, 1.807) is 6.07 Å². The van der Waals surface area contributed by atoms with E-state index >= 15 is 0 Å². The zero-order valence-corrected chi connectivity index (χ0v) is 15.5. The molecule has 2 bridgehead atoms. The minimum Gasteiger partial charge on any atom is -0.508 e. The number of piperidine rings is 1. The van der Waals surface area contributed by atoms with Crippen LogP contribution in [0.25, 0.3) is 0 Å². The number of phenols is 1. The van der Waals surface area contributed by atoms with Gasteiger partial charge in [0, 0.05) is 12.1 Å². The zero-order valence-electron chi connectivity index (χ0n) is 15.5. The molecule has 3 aliphatic rings. The molecule has 0 radical (unpaired) electrons. The number of carbonyl (C=O) groups excluding carboxylic acids is 1. The molecule has 1 amide bonds. The van der Waals surface area contributed by atoms with Gasteiger partial charge in [0.1, 0.15) is 11.3 Å². The maximum atomic E-state index is 13.5. The first-order valence-electron chi connectivity index (χ1n) is 10.0. The molecule has 3 N–H and O–H groups in total. The summed E-state index contributed by atoms with van der Waals surface area (Å²) in [5.74, 6) is 0.872. The summed E-state index contributed by atoms with van der Waals surface area (Å²) in [5, 5.41) is 9.81. The van der Waals surface area contributed by atoms with Crippen molar-refractivity contribution in [2.24, 2.45) is 5.73 Å². The largest absolute Gasteiger partial charge is 0.508 e. The first-order valence-corrected chi connectivity index (χ1v) is 10.0. The molecular formula is C23H26N2O2. The number of amides is 1. The zero-order chi connectivity index (χ0) is 18.6. The summed E-state index contributed by atoms with van der Waals surface area (Å²) in [6.45, 7) is 0. The molecule has 3 atom stereocenters. The summed E-state index contributed by atoms with van der Waals surface area (Å²) in [6, 6.07) is 16.4. The predicted molar refractivity (Wildman–Crippen MR) is 105 cm³/mol. The van der Waals surface area contributed by atoms with Gasteiger partial charge in [0.25, 0.3) is 0 Å². The molecule has 2 saturated heterocycles. The SMILES string of the molecule is NC1(C(=O)N2[C@@H]3CC[C@H]2C[C@@H](c2cccc(O)c2)C3)Cc2ccccc2C1. The van der Waals surface area contributed by atoms with Crippen molar-refractivity contribution >= 4 is 5.91 Å². The summed E-state index contributed by atoms with van der Waals surface area (Å²) in [7, 11) is 0. The summed E-state index contributed by atoms with van der Waals surface area (Å²) < 4.78 is 0. The number of rotatable bonds is 2. The molecule has 4 heteroatoms. The number of hydrogen-bond acceptors (Lipinski definition) is 3. The lowest BCUT2D eigenvalue weighted by Gasteiger charge is -2.42. The molecule has 0 saturated carbocycles. The smallest absolute Gasteiger partial charge is 0.243 e. The van der Waals surface area contributed by atoms with Crippen molar-refractivity contribution in [3.05, 3.63) is 65.2 Å². The van der Waals surface area contributed by atoms with Crippen LogP contribution in [0.2, 0.25) is 0 Å². The third kappa shape index (κ3) is 2.74.